The highest BCUT2D eigenvalue weighted by atomic mass is 14.9. The third-order valence-electron chi connectivity index (χ3n) is 2.93. The summed E-state index contributed by atoms with van der Waals surface area (Å²) in [6, 6.07) is 6.78. The lowest BCUT2D eigenvalue weighted by Gasteiger charge is -2.12. The molecule has 0 unspecified atom stereocenters. The van der Waals surface area contributed by atoms with Crippen LogP contribution in [0.4, 0.5) is 0 Å². The van der Waals surface area contributed by atoms with Gasteiger partial charge in [0.25, 0.3) is 0 Å². The average molecular weight is 175 g/mol. The van der Waals surface area contributed by atoms with Crippen LogP contribution >= 0.6 is 0 Å². The fourth-order valence-electron chi connectivity index (χ4n) is 2.12. The summed E-state index contributed by atoms with van der Waals surface area (Å²) >= 11 is 0. The van der Waals surface area contributed by atoms with Crippen molar-refractivity contribution >= 4 is 0 Å². The molecule has 0 saturated carbocycles. The zero-order chi connectivity index (χ0) is 9.26. The van der Waals surface area contributed by atoms with Crippen molar-refractivity contribution in [2.24, 2.45) is 0 Å². The van der Waals surface area contributed by atoms with Crippen molar-refractivity contribution in [1.82, 2.24) is 5.32 Å². The molecule has 1 aliphatic rings. The maximum atomic E-state index is 3.42. The van der Waals surface area contributed by atoms with Crippen molar-refractivity contribution in [2.45, 2.75) is 26.2 Å². The molecular formula is C12H17N. The lowest BCUT2D eigenvalue weighted by Crippen LogP contribution is -2.08. The zero-order valence-electron chi connectivity index (χ0n) is 8.43. The molecule has 0 bridgehead atoms. The highest BCUT2D eigenvalue weighted by Gasteiger charge is 2.17. The van der Waals surface area contributed by atoms with Gasteiger partial charge in [0.1, 0.15) is 0 Å². The van der Waals surface area contributed by atoms with E-state index in [-0.39, 0.29) is 0 Å². The predicted molar refractivity (Wildman–Crippen MR) is 56.1 cm³/mol. The number of rotatable bonds is 1. The molecule has 1 aliphatic heterocycles. The Labute approximate surface area is 80.2 Å². The Balaban J connectivity index is 2.32. The van der Waals surface area contributed by atoms with Crippen LogP contribution in [0, 0.1) is 13.8 Å². The Morgan fingerprint density at radius 1 is 1.31 bits per heavy atom. The molecule has 1 nitrogen and oxygen atoms in total. The minimum absolute atomic E-state index is 0.750. The SMILES string of the molecule is Cc1ccc(C)c([C@@H]2CCNC2)c1. The molecule has 1 atom stereocenters. The molecular weight excluding hydrogens is 158 g/mol. The quantitative estimate of drug-likeness (QED) is 0.691. The molecule has 1 heteroatoms. The summed E-state index contributed by atoms with van der Waals surface area (Å²) in [5.41, 5.74) is 4.37. The molecule has 70 valence electrons. The van der Waals surface area contributed by atoms with Gasteiger partial charge in [-0.3, -0.25) is 0 Å². The molecule has 1 aromatic rings. The summed E-state index contributed by atoms with van der Waals surface area (Å²) in [7, 11) is 0. The Morgan fingerprint density at radius 3 is 2.85 bits per heavy atom. The second kappa shape index (κ2) is 3.51. The van der Waals surface area contributed by atoms with Crippen molar-refractivity contribution in [3.05, 3.63) is 34.9 Å². The number of benzene rings is 1. The third kappa shape index (κ3) is 1.75. The summed E-state index contributed by atoms with van der Waals surface area (Å²) in [5, 5.41) is 3.42. The number of hydrogen-bond acceptors (Lipinski definition) is 1. The fraction of sp³-hybridized carbons (Fsp3) is 0.500. The summed E-state index contributed by atoms with van der Waals surface area (Å²) in [6.07, 6.45) is 1.30. The Kier molecular flexibility index (Phi) is 2.36. The van der Waals surface area contributed by atoms with Gasteiger partial charge >= 0.3 is 0 Å². The lowest BCUT2D eigenvalue weighted by atomic mass is 9.93. The lowest BCUT2D eigenvalue weighted by molar-refractivity contribution is 0.756. The molecule has 2 rings (SSSR count). The Bertz CT molecular complexity index is 298. The molecule has 1 N–H and O–H groups in total. The van der Waals surface area contributed by atoms with Crippen molar-refractivity contribution in [3.8, 4) is 0 Å². The highest BCUT2D eigenvalue weighted by Crippen LogP contribution is 2.25. The van der Waals surface area contributed by atoms with Crippen LogP contribution < -0.4 is 5.32 Å². The standard InChI is InChI=1S/C12H17N/c1-9-3-4-10(2)12(7-9)11-5-6-13-8-11/h3-4,7,11,13H,5-6,8H2,1-2H3/t11-/m1/s1. The fourth-order valence-corrected chi connectivity index (χ4v) is 2.12. The van der Waals surface area contributed by atoms with Gasteiger partial charge in [-0.1, -0.05) is 23.8 Å². The van der Waals surface area contributed by atoms with Gasteiger partial charge in [-0.25, -0.2) is 0 Å². The Morgan fingerprint density at radius 2 is 2.15 bits per heavy atom. The van der Waals surface area contributed by atoms with E-state index in [1.165, 1.54) is 24.1 Å². The molecule has 0 amide bonds. The molecule has 0 radical (unpaired) electrons. The highest BCUT2D eigenvalue weighted by molar-refractivity contribution is 5.34. The van der Waals surface area contributed by atoms with Crippen LogP contribution in [-0.4, -0.2) is 13.1 Å². The van der Waals surface area contributed by atoms with Gasteiger partial charge in [0.2, 0.25) is 0 Å². The van der Waals surface area contributed by atoms with Gasteiger partial charge in [0.05, 0.1) is 0 Å². The van der Waals surface area contributed by atoms with E-state index in [9.17, 15) is 0 Å². The minimum Gasteiger partial charge on any atom is -0.316 e. The van der Waals surface area contributed by atoms with E-state index in [2.05, 4.69) is 37.4 Å². The summed E-state index contributed by atoms with van der Waals surface area (Å²) in [5.74, 6) is 0.750. The second-order valence-electron chi connectivity index (χ2n) is 4.05. The summed E-state index contributed by atoms with van der Waals surface area (Å²) in [4.78, 5) is 0. The van der Waals surface area contributed by atoms with Gasteiger partial charge in [0, 0.05) is 6.54 Å². The van der Waals surface area contributed by atoms with Gasteiger partial charge in [-0.2, -0.15) is 0 Å². The molecule has 1 fully saturated rings. The van der Waals surface area contributed by atoms with Crippen LogP contribution in [0.2, 0.25) is 0 Å². The van der Waals surface area contributed by atoms with Gasteiger partial charge in [0.15, 0.2) is 0 Å². The maximum Gasteiger partial charge on any atom is 0.00207 e. The number of nitrogens with one attached hydrogen (secondary N) is 1. The molecule has 0 spiro atoms. The molecule has 1 heterocycles. The first-order valence-electron chi connectivity index (χ1n) is 5.05. The van der Waals surface area contributed by atoms with E-state index in [4.69, 9.17) is 0 Å². The van der Waals surface area contributed by atoms with Crippen molar-refractivity contribution in [1.29, 1.82) is 0 Å². The number of aryl methyl sites for hydroxylation is 2. The van der Waals surface area contributed by atoms with E-state index in [1.807, 2.05) is 0 Å². The van der Waals surface area contributed by atoms with Crippen molar-refractivity contribution < 1.29 is 0 Å². The number of hydrogen-bond donors (Lipinski definition) is 1. The largest absolute Gasteiger partial charge is 0.316 e. The van der Waals surface area contributed by atoms with E-state index < -0.39 is 0 Å². The van der Waals surface area contributed by atoms with Crippen LogP contribution in [0.15, 0.2) is 18.2 Å². The van der Waals surface area contributed by atoms with Crippen LogP contribution in [0.5, 0.6) is 0 Å². The van der Waals surface area contributed by atoms with E-state index in [0.717, 1.165) is 12.5 Å². The molecule has 0 aromatic heterocycles. The van der Waals surface area contributed by atoms with Crippen molar-refractivity contribution in [3.63, 3.8) is 0 Å². The van der Waals surface area contributed by atoms with Crippen LogP contribution in [-0.2, 0) is 0 Å². The minimum atomic E-state index is 0.750. The van der Waals surface area contributed by atoms with Gasteiger partial charge in [-0.05, 0) is 43.9 Å². The molecule has 1 aromatic carbocycles. The molecule has 0 aliphatic carbocycles. The third-order valence-corrected chi connectivity index (χ3v) is 2.93. The first kappa shape index (κ1) is 8.76. The van der Waals surface area contributed by atoms with Gasteiger partial charge in [-0.15, -0.1) is 0 Å². The normalized spacial score (nSPS) is 22.2. The topological polar surface area (TPSA) is 12.0 Å². The monoisotopic (exact) mass is 175 g/mol. The zero-order valence-corrected chi connectivity index (χ0v) is 8.43. The predicted octanol–water partition coefficient (Wildman–Crippen LogP) is 2.38. The van der Waals surface area contributed by atoms with Crippen LogP contribution in [0.3, 0.4) is 0 Å². The molecule has 1 saturated heterocycles. The first-order valence-corrected chi connectivity index (χ1v) is 5.05. The van der Waals surface area contributed by atoms with Crippen molar-refractivity contribution in [2.75, 3.05) is 13.1 Å². The summed E-state index contributed by atoms with van der Waals surface area (Å²) in [6.45, 7) is 6.72. The van der Waals surface area contributed by atoms with E-state index >= 15 is 0 Å². The first-order chi connectivity index (χ1) is 6.27. The van der Waals surface area contributed by atoms with Gasteiger partial charge < -0.3 is 5.32 Å². The van der Waals surface area contributed by atoms with Crippen LogP contribution in [0.25, 0.3) is 0 Å². The Hall–Kier alpha value is -0.820. The second-order valence-corrected chi connectivity index (χ2v) is 4.05. The van der Waals surface area contributed by atoms with E-state index in [1.54, 1.807) is 5.56 Å². The summed E-state index contributed by atoms with van der Waals surface area (Å²) < 4.78 is 0. The van der Waals surface area contributed by atoms with E-state index in [0.29, 0.717) is 0 Å². The smallest absolute Gasteiger partial charge is 0.00207 e. The maximum absolute atomic E-state index is 3.42. The van der Waals surface area contributed by atoms with Crippen LogP contribution in [0.1, 0.15) is 29.0 Å². The average Bonchev–Trinajstić information content (AvgIpc) is 2.61. The molecule has 13 heavy (non-hydrogen) atoms.